The number of carbonyl (C=O) groups is 1. The Labute approximate surface area is 176 Å². The predicted octanol–water partition coefficient (Wildman–Crippen LogP) is 3.89. The van der Waals surface area contributed by atoms with Crippen LogP contribution in [0.25, 0.3) is 0 Å². The number of carbonyl (C=O) groups excluding carboxylic acids is 1. The third-order valence-electron chi connectivity index (χ3n) is 4.27. The molecule has 0 atom stereocenters. The number of hydrogen-bond acceptors (Lipinski definition) is 5. The van der Waals surface area contributed by atoms with Gasteiger partial charge in [0.1, 0.15) is 18.0 Å². The summed E-state index contributed by atoms with van der Waals surface area (Å²) in [7, 11) is -1.000. The number of nitrogens with one attached hydrogen (secondary N) is 1. The second kappa shape index (κ2) is 9.37. The minimum Gasteiger partial charge on any atom is -0.495 e. The van der Waals surface area contributed by atoms with Crippen LogP contribution in [0.1, 0.15) is 25.3 Å². The van der Waals surface area contributed by atoms with Crippen molar-refractivity contribution >= 4 is 38.9 Å². The highest BCUT2D eigenvalue weighted by Crippen LogP contribution is 2.38. The predicted molar refractivity (Wildman–Crippen MR) is 116 cm³/mol. The molecule has 0 aliphatic heterocycles. The molecule has 0 bridgehead atoms. The van der Waals surface area contributed by atoms with Gasteiger partial charge in [-0.1, -0.05) is 37.6 Å². The first-order chi connectivity index (χ1) is 13.6. The Kier molecular flexibility index (Phi) is 7.37. The maximum atomic E-state index is 12.6. The second-order valence-electron chi connectivity index (χ2n) is 6.75. The van der Waals surface area contributed by atoms with E-state index in [0.717, 1.165) is 16.1 Å². The minimum absolute atomic E-state index is 0.154. The van der Waals surface area contributed by atoms with E-state index in [0.29, 0.717) is 11.6 Å². The van der Waals surface area contributed by atoms with E-state index in [4.69, 9.17) is 21.1 Å². The van der Waals surface area contributed by atoms with Crippen molar-refractivity contribution in [1.29, 1.82) is 0 Å². The van der Waals surface area contributed by atoms with Gasteiger partial charge in [0.05, 0.1) is 31.2 Å². The number of sulfonamides is 1. The lowest BCUT2D eigenvalue weighted by Gasteiger charge is -2.24. The van der Waals surface area contributed by atoms with Gasteiger partial charge >= 0.3 is 0 Å². The Morgan fingerprint density at radius 1 is 1.10 bits per heavy atom. The molecule has 158 valence electrons. The molecule has 0 saturated carbocycles. The van der Waals surface area contributed by atoms with Crippen molar-refractivity contribution in [1.82, 2.24) is 0 Å². The van der Waals surface area contributed by atoms with Gasteiger partial charge in [0.15, 0.2) is 0 Å². The van der Waals surface area contributed by atoms with Gasteiger partial charge < -0.3 is 14.8 Å². The molecule has 0 heterocycles. The van der Waals surface area contributed by atoms with Gasteiger partial charge in [-0.3, -0.25) is 9.10 Å². The van der Waals surface area contributed by atoms with Crippen LogP contribution in [0.5, 0.6) is 11.5 Å². The third kappa shape index (κ3) is 5.77. The van der Waals surface area contributed by atoms with Crippen molar-refractivity contribution < 1.29 is 22.7 Å². The average Bonchev–Trinajstić information content (AvgIpc) is 2.65. The molecule has 2 aromatic carbocycles. The zero-order chi connectivity index (χ0) is 21.8. The first kappa shape index (κ1) is 22.8. The van der Waals surface area contributed by atoms with Crippen LogP contribution in [-0.2, 0) is 14.8 Å². The number of benzene rings is 2. The average molecular weight is 441 g/mol. The van der Waals surface area contributed by atoms with Gasteiger partial charge in [0, 0.05) is 17.8 Å². The molecular weight excluding hydrogens is 416 g/mol. The first-order valence-electron chi connectivity index (χ1n) is 8.85. The lowest BCUT2D eigenvalue weighted by molar-refractivity contribution is -0.114. The van der Waals surface area contributed by atoms with E-state index in [-0.39, 0.29) is 22.2 Å². The number of methoxy groups -OCH3 is 2. The Bertz CT molecular complexity index is 975. The van der Waals surface area contributed by atoms with Crippen LogP contribution in [0.2, 0.25) is 5.02 Å². The molecular formula is C20H25ClN2O5S. The van der Waals surface area contributed by atoms with Gasteiger partial charge in [-0.05, 0) is 23.6 Å². The molecule has 0 aliphatic rings. The van der Waals surface area contributed by atoms with E-state index in [9.17, 15) is 13.2 Å². The van der Waals surface area contributed by atoms with Gasteiger partial charge in [0.2, 0.25) is 15.9 Å². The van der Waals surface area contributed by atoms with Crippen molar-refractivity contribution in [3.05, 3.63) is 47.0 Å². The molecule has 1 amide bonds. The molecule has 0 unspecified atom stereocenters. The van der Waals surface area contributed by atoms with Crippen LogP contribution in [0, 0.1) is 0 Å². The summed E-state index contributed by atoms with van der Waals surface area (Å²) >= 11 is 6.09. The summed E-state index contributed by atoms with van der Waals surface area (Å²) < 4.78 is 36.2. The zero-order valence-corrected chi connectivity index (χ0v) is 18.6. The molecule has 0 aromatic heterocycles. The van der Waals surface area contributed by atoms with Crippen molar-refractivity contribution in [2.45, 2.75) is 19.8 Å². The molecule has 0 radical (unpaired) electrons. The molecule has 1 N–H and O–H groups in total. The van der Waals surface area contributed by atoms with Crippen LogP contribution in [0.15, 0.2) is 36.4 Å². The molecule has 2 rings (SSSR count). The summed E-state index contributed by atoms with van der Waals surface area (Å²) in [4.78, 5) is 12.6. The summed E-state index contributed by atoms with van der Waals surface area (Å²) in [6.07, 6.45) is 1.01. The Morgan fingerprint density at radius 2 is 1.69 bits per heavy atom. The molecule has 0 spiro atoms. The van der Waals surface area contributed by atoms with E-state index in [1.807, 2.05) is 12.1 Å². The SMILES string of the molecule is COc1cc(N(CC(=O)Nc2ccc(C(C)C)cc2)S(C)(=O)=O)c(OC)cc1Cl. The normalized spacial score (nSPS) is 11.3. The lowest BCUT2D eigenvalue weighted by Crippen LogP contribution is -2.37. The monoisotopic (exact) mass is 440 g/mol. The standard InChI is InChI=1S/C20H25ClN2O5S/c1-13(2)14-6-8-15(9-7-14)22-20(24)12-23(29(5,25)26)17-11-18(27-3)16(21)10-19(17)28-4/h6-11,13H,12H2,1-5H3,(H,22,24). The van der Waals surface area contributed by atoms with E-state index in [1.54, 1.807) is 12.1 Å². The highest BCUT2D eigenvalue weighted by molar-refractivity contribution is 7.92. The largest absolute Gasteiger partial charge is 0.495 e. The molecule has 0 aliphatic carbocycles. The van der Waals surface area contributed by atoms with E-state index in [1.165, 1.54) is 26.4 Å². The summed E-state index contributed by atoms with van der Waals surface area (Å²) in [6, 6.07) is 10.3. The number of nitrogens with zero attached hydrogens (tertiary/aromatic N) is 1. The highest BCUT2D eigenvalue weighted by atomic mass is 35.5. The van der Waals surface area contributed by atoms with E-state index >= 15 is 0 Å². The van der Waals surface area contributed by atoms with Gasteiger partial charge in [-0.25, -0.2) is 8.42 Å². The van der Waals surface area contributed by atoms with Crippen molar-refractivity contribution in [3.8, 4) is 11.5 Å². The summed E-state index contributed by atoms with van der Waals surface area (Å²) in [5.41, 5.74) is 1.87. The quantitative estimate of drug-likeness (QED) is 0.673. The summed E-state index contributed by atoms with van der Waals surface area (Å²) in [5, 5.41) is 2.98. The van der Waals surface area contributed by atoms with Crippen LogP contribution in [0.3, 0.4) is 0 Å². The Morgan fingerprint density at radius 3 is 2.17 bits per heavy atom. The topological polar surface area (TPSA) is 84.9 Å². The highest BCUT2D eigenvalue weighted by Gasteiger charge is 2.25. The fraction of sp³-hybridized carbons (Fsp3) is 0.350. The van der Waals surface area contributed by atoms with Gasteiger partial charge in [0.25, 0.3) is 0 Å². The van der Waals surface area contributed by atoms with Crippen LogP contribution in [-0.4, -0.2) is 41.3 Å². The fourth-order valence-corrected chi connectivity index (χ4v) is 3.79. The second-order valence-corrected chi connectivity index (χ2v) is 9.07. The van der Waals surface area contributed by atoms with E-state index in [2.05, 4.69) is 19.2 Å². The van der Waals surface area contributed by atoms with Crippen molar-refractivity contribution in [2.75, 3.05) is 36.6 Å². The number of halogens is 1. The fourth-order valence-electron chi connectivity index (χ4n) is 2.70. The van der Waals surface area contributed by atoms with Crippen molar-refractivity contribution in [2.24, 2.45) is 0 Å². The number of hydrogen-bond donors (Lipinski definition) is 1. The zero-order valence-electron chi connectivity index (χ0n) is 17.0. The van der Waals surface area contributed by atoms with Crippen LogP contribution >= 0.6 is 11.6 Å². The van der Waals surface area contributed by atoms with Crippen molar-refractivity contribution in [3.63, 3.8) is 0 Å². The number of rotatable bonds is 8. The minimum atomic E-state index is -3.80. The molecule has 29 heavy (non-hydrogen) atoms. The van der Waals surface area contributed by atoms with Gasteiger partial charge in [-0.15, -0.1) is 0 Å². The smallest absolute Gasteiger partial charge is 0.245 e. The molecule has 2 aromatic rings. The third-order valence-corrected chi connectivity index (χ3v) is 5.69. The lowest BCUT2D eigenvalue weighted by atomic mass is 10.0. The molecule has 7 nitrogen and oxygen atoms in total. The number of amides is 1. The molecule has 0 saturated heterocycles. The Balaban J connectivity index is 2.31. The Hall–Kier alpha value is -2.45. The number of anilines is 2. The molecule has 9 heteroatoms. The van der Waals surface area contributed by atoms with Crippen LogP contribution in [0.4, 0.5) is 11.4 Å². The maximum absolute atomic E-state index is 12.6. The summed E-state index contributed by atoms with van der Waals surface area (Å²) in [6.45, 7) is 3.71. The number of ether oxygens (including phenoxy) is 2. The maximum Gasteiger partial charge on any atom is 0.245 e. The van der Waals surface area contributed by atoms with Gasteiger partial charge in [-0.2, -0.15) is 0 Å². The van der Waals surface area contributed by atoms with Crippen LogP contribution < -0.4 is 19.1 Å². The first-order valence-corrected chi connectivity index (χ1v) is 11.1. The van der Waals surface area contributed by atoms with E-state index < -0.39 is 22.5 Å². The molecule has 0 fully saturated rings. The summed E-state index contributed by atoms with van der Waals surface area (Å²) in [5.74, 6) is 0.340.